The number of sulfonamides is 1. The van der Waals surface area contributed by atoms with Crippen LogP contribution >= 0.6 is 0 Å². The highest BCUT2D eigenvalue weighted by Gasteiger charge is 2.07. The number of aliphatic hydroxyl groups excluding tert-OH is 2. The van der Waals surface area contributed by atoms with E-state index in [1.165, 1.54) is 0 Å². The van der Waals surface area contributed by atoms with Crippen LogP contribution in [-0.2, 0) is 10.0 Å². The van der Waals surface area contributed by atoms with Crippen LogP contribution in [0.4, 0.5) is 10.1 Å². The first-order valence-corrected chi connectivity index (χ1v) is 7.25. The van der Waals surface area contributed by atoms with Crippen LogP contribution in [0.3, 0.4) is 0 Å². The van der Waals surface area contributed by atoms with Gasteiger partial charge in [0.05, 0.1) is 13.2 Å². The van der Waals surface area contributed by atoms with Crippen molar-refractivity contribution < 1.29 is 23.0 Å². The van der Waals surface area contributed by atoms with Crippen molar-refractivity contribution in [2.75, 3.05) is 37.0 Å². The molecule has 1 aromatic carbocycles. The van der Waals surface area contributed by atoms with Gasteiger partial charge in [-0.25, -0.2) is 12.8 Å². The number of anilines is 1. The lowest BCUT2D eigenvalue weighted by atomic mass is 10.3. The molecule has 0 saturated heterocycles. The minimum absolute atomic E-state index is 0.139. The zero-order valence-corrected chi connectivity index (χ0v) is 11.2. The van der Waals surface area contributed by atoms with Crippen molar-refractivity contribution in [2.24, 2.45) is 0 Å². The zero-order valence-electron chi connectivity index (χ0n) is 10.4. The lowest BCUT2D eigenvalue weighted by Gasteiger charge is -2.02. The van der Waals surface area contributed by atoms with E-state index in [0.717, 1.165) is 0 Å². The molecule has 0 atom stereocenters. The van der Waals surface area contributed by atoms with Gasteiger partial charge in [-0.1, -0.05) is 18.2 Å². The Kier molecular flexibility index (Phi) is 9.99. The molecule has 0 bridgehead atoms. The third-order valence-electron chi connectivity index (χ3n) is 1.77. The van der Waals surface area contributed by atoms with E-state index in [1.54, 1.807) is 30.3 Å². The maximum absolute atomic E-state index is 11.8. The van der Waals surface area contributed by atoms with Gasteiger partial charge in [-0.15, -0.1) is 0 Å². The number of halogens is 1. The molecule has 0 unspecified atom stereocenters. The van der Waals surface area contributed by atoms with Crippen molar-refractivity contribution in [2.45, 2.75) is 0 Å². The van der Waals surface area contributed by atoms with E-state index in [4.69, 9.17) is 10.2 Å². The van der Waals surface area contributed by atoms with Crippen molar-refractivity contribution in [3.05, 3.63) is 30.3 Å². The topological polar surface area (TPSA) is 98.7 Å². The highest BCUT2D eigenvalue weighted by Crippen LogP contribution is 2.07. The van der Waals surface area contributed by atoms with Crippen molar-refractivity contribution in [3.63, 3.8) is 0 Å². The molecule has 1 rings (SSSR count). The van der Waals surface area contributed by atoms with Crippen molar-refractivity contribution in [1.82, 2.24) is 5.32 Å². The third kappa shape index (κ3) is 10.4. The molecule has 4 N–H and O–H groups in total. The summed E-state index contributed by atoms with van der Waals surface area (Å²) in [7, 11) is -3.79. The van der Waals surface area contributed by atoms with Gasteiger partial charge >= 0.3 is 0 Å². The largest absolute Gasteiger partial charge is 0.395 e. The summed E-state index contributed by atoms with van der Waals surface area (Å²) in [4.78, 5) is 0. The van der Waals surface area contributed by atoms with Crippen LogP contribution in [0.15, 0.2) is 30.3 Å². The second kappa shape index (κ2) is 10.7. The van der Waals surface area contributed by atoms with E-state index in [1.807, 2.05) is 0 Å². The molecule has 6 nitrogen and oxygen atoms in total. The van der Waals surface area contributed by atoms with Gasteiger partial charge in [-0.2, -0.15) is 0 Å². The lowest BCUT2D eigenvalue weighted by Crippen LogP contribution is -2.21. The highest BCUT2D eigenvalue weighted by molar-refractivity contribution is 7.92. The molecule has 1 aromatic rings. The number of alkyl halides is 1. The van der Waals surface area contributed by atoms with Gasteiger partial charge in [-0.3, -0.25) is 4.72 Å². The molecule has 0 aliphatic rings. The van der Waals surface area contributed by atoms with E-state index < -0.39 is 16.0 Å². The summed E-state index contributed by atoms with van der Waals surface area (Å²) in [6, 6.07) is 6.77. The lowest BCUT2D eigenvalue weighted by molar-refractivity contribution is 0.266. The summed E-state index contributed by atoms with van der Waals surface area (Å²) in [5.74, 6) is 0. The van der Waals surface area contributed by atoms with Gasteiger partial charge < -0.3 is 15.5 Å². The predicted octanol–water partition coefficient (Wildman–Crippen LogP) is -0.0841. The molecule has 0 aromatic heterocycles. The number of aliphatic hydroxyl groups is 2. The molecule has 0 radical (unpaired) electrons. The van der Waals surface area contributed by atoms with Crippen LogP contribution in [0, 0.1) is 0 Å². The molecule has 8 heteroatoms. The Hall–Kier alpha value is -1.22. The van der Waals surface area contributed by atoms with E-state index in [0.29, 0.717) is 18.8 Å². The first kappa shape index (κ1) is 17.8. The van der Waals surface area contributed by atoms with Gasteiger partial charge in [0, 0.05) is 18.8 Å². The summed E-state index contributed by atoms with van der Waals surface area (Å²) in [6.07, 6.45) is 0. The molecule has 0 spiro atoms. The minimum Gasteiger partial charge on any atom is -0.395 e. The number of rotatable bonds is 7. The molecular weight excluding hydrogens is 275 g/mol. The predicted molar refractivity (Wildman–Crippen MR) is 72.0 cm³/mol. The van der Waals surface area contributed by atoms with Crippen molar-refractivity contribution in [3.8, 4) is 0 Å². The fourth-order valence-electron chi connectivity index (χ4n) is 0.996. The maximum Gasteiger partial charge on any atom is 0.262 e. The van der Waals surface area contributed by atoms with Crippen LogP contribution < -0.4 is 10.0 Å². The second-order valence-electron chi connectivity index (χ2n) is 3.39. The average Bonchev–Trinajstić information content (AvgIpc) is 2.41. The number of hydrogen-bond donors (Lipinski definition) is 4. The van der Waals surface area contributed by atoms with Gasteiger partial charge in [-0.05, 0) is 12.1 Å². The van der Waals surface area contributed by atoms with Crippen LogP contribution in [0.25, 0.3) is 0 Å². The van der Waals surface area contributed by atoms with E-state index >= 15 is 0 Å². The van der Waals surface area contributed by atoms with Gasteiger partial charge in [0.1, 0.15) is 0 Å². The van der Waals surface area contributed by atoms with Crippen LogP contribution in [0.2, 0.25) is 0 Å². The summed E-state index contributed by atoms with van der Waals surface area (Å²) in [5, 5.41) is 19.1. The molecule has 0 heterocycles. The smallest absolute Gasteiger partial charge is 0.262 e. The van der Waals surface area contributed by atoms with Crippen LogP contribution in [0.1, 0.15) is 0 Å². The molecule has 110 valence electrons. The highest BCUT2D eigenvalue weighted by atomic mass is 32.2. The Morgan fingerprint density at radius 2 is 1.58 bits per heavy atom. The minimum atomic E-state index is -3.79. The van der Waals surface area contributed by atoms with Gasteiger partial charge in [0.25, 0.3) is 10.0 Å². The Morgan fingerprint density at radius 3 is 2.00 bits per heavy atom. The molecule has 0 fully saturated rings. The van der Waals surface area contributed by atoms with Gasteiger partial charge in [0.15, 0.2) is 0 Å². The van der Waals surface area contributed by atoms with E-state index in [-0.39, 0.29) is 13.2 Å². The maximum atomic E-state index is 11.8. The number of para-hydroxylation sites is 1. The van der Waals surface area contributed by atoms with Gasteiger partial charge in [0.2, 0.25) is 6.01 Å². The summed E-state index contributed by atoms with van der Waals surface area (Å²) in [5.41, 5.74) is 0.371. The second-order valence-corrected chi connectivity index (χ2v) is 5.04. The molecule has 0 saturated carbocycles. The van der Waals surface area contributed by atoms with E-state index in [9.17, 15) is 12.8 Å². The molecule has 19 heavy (non-hydrogen) atoms. The molecule has 0 amide bonds. The van der Waals surface area contributed by atoms with E-state index in [2.05, 4.69) is 10.0 Å². The standard InChI is InChI=1S/C7H8FNO2S.C4H11NO2/c8-6-12(10,11)9-7-4-2-1-3-5-7;6-3-1-5-2-4-7/h1-5,9H,6H2;5-7H,1-4H2. The quantitative estimate of drug-likeness (QED) is 0.527. The average molecular weight is 294 g/mol. The van der Waals surface area contributed by atoms with Crippen molar-refractivity contribution in [1.29, 1.82) is 0 Å². The number of benzene rings is 1. The van der Waals surface area contributed by atoms with Crippen molar-refractivity contribution >= 4 is 15.7 Å². The number of hydrogen-bond acceptors (Lipinski definition) is 5. The summed E-state index contributed by atoms with van der Waals surface area (Å²) >= 11 is 0. The Bertz CT molecular complexity index is 410. The molecule has 0 aliphatic heterocycles. The molecule has 0 aliphatic carbocycles. The Morgan fingerprint density at radius 1 is 1.05 bits per heavy atom. The monoisotopic (exact) mass is 294 g/mol. The fraction of sp³-hybridized carbons (Fsp3) is 0.455. The van der Waals surface area contributed by atoms with Crippen LogP contribution in [-0.4, -0.2) is 50.9 Å². The third-order valence-corrected chi connectivity index (χ3v) is 2.60. The first-order valence-electron chi connectivity index (χ1n) is 5.59. The summed E-state index contributed by atoms with van der Waals surface area (Å²) < 4.78 is 35.2. The zero-order chi connectivity index (χ0) is 14.6. The normalized spacial score (nSPS) is 10.5. The first-order chi connectivity index (χ1) is 9.05. The summed E-state index contributed by atoms with van der Waals surface area (Å²) in [6.45, 7) is 1.42. The number of nitrogens with one attached hydrogen (secondary N) is 2. The Labute approximate surface area is 112 Å². The SMILES string of the molecule is O=S(=O)(CF)Nc1ccccc1.OCCNCCO. The van der Waals surface area contributed by atoms with Crippen LogP contribution in [0.5, 0.6) is 0 Å². The molecular formula is C11H19FN2O4S. The Balaban J connectivity index is 0.000000399. The fourth-order valence-corrected chi connectivity index (χ4v) is 1.55.